The van der Waals surface area contributed by atoms with Gasteiger partial charge in [-0.1, -0.05) is 27.7 Å². The third kappa shape index (κ3) is 4.99. The monoisotopic (exact) mass is 299 g/mol. The molecule has 0 aliphatic carbocycles. The topological polar surface area (TPSA) is 75.6 Å². The van der Waals surface area contributed by atoms with Gasteiger partial charge in [0.15, 0.2) is 0 Å². The maximum Gasteiger partial charge on any atom is 0.308 e. The minimum absolute atomic E-state index is 0.0561. The summed E-state index contributed by atoms with van der Waals surface area (Å²) in [6.07, 6.45) is 0.465. The molecule has 0 aromatic carbocycles. The predicted molar refractivity (Wildman–Crippen MR) is 80.9 cm³/mol. The van der Waals surface area contributed by atoms with Gasteiger partial charge in [0.2, 0.25) is 5.91 Å². The standard InChI is InChI=1S/C16H29NO4/c1-9-10(2)21-11(3)13(9)14(18)17-8-12(15(19)20)7-16(4,5)6/h9-13H,7-8H2,1-6H3,(H,17,18)(H,19,20). The van der Waals surface area contributed by atoms with E-state index in [1.807, 2.05) is 41.5 Å². The second-order valence-electron chi connectivity index (χ2n) is 7.48. The summed E-state index contributed by atoms with van der Waals surface area (Å²) in [7, 11) is 0. The van der Waals surface area contributed by atoms with Gasteiger partial charge in [-0.2, -0.15) is 0 Å². The van der Waals surface area contributed by atoms with Crippen molar-refractivity contribution in [3.05, 3.63) is 0 Å². The molecule has 21 heavy (non-hydrogen) atoms. The highest BCUT2D eigenvalue weighted by Gasteiger charge is 2.41. The van der Waals surface area contributed by atoms with E-state index in [1.165, 1.54) is 0 Å². The Morgan fingerprint density at radius 3 is 2.14 bits per heavy atom. The van der Waals surface area contributed by atoms with Crippen molar-refractivity contribution in [3.63, 3.8) is 0 Å². The van der Waals surface area contributed by atoms with Crippen LogP contribution in [0.2, 0.25) is 0 Å². The molecule has 0 radical (unpaired) electrons. The minimum Gasteiger partial charge on any atom is -0.481 e. The summed E-state index contributed by atoms with van der Waals surface area (Å²) in [6, 6.07) is 0. The van der Waals surface area contributed by atoms with E-state index in [2.05, 4.69) is 5.32 Å². The summed E-state index contributed by atoms with van der Waals surface area (Å²) in [5.41, 5.74) is -0.0840. The number of carboxylic acids is 1. The fourth-order valence-electron chi connectivity index (χ4n) is 3.05. The zero-order valence-electron chi connectivity index (χ0n) is 14.0. The van der Waals surface area contributed by atoms with Crippen LogP contribution in [0.15, 0.2) is 0 Å². The van der Waals surface area contributed by atoms with Gasteiger partial charge in [-0.25, -0.2) is 0 Å². The zero-order chi connectivity index (χ0) is 16.4. The molecule has 5 nitrogen and oxygen atoms in total. The first-order chi connectivity index (χ1) is 9.53. The van der Waals surface area contributed by atoms with Crippen molar-refractivity contribution in [2.24, 2.45) is 23.2 Å². The molecule has 1 heterocycles. The SMILES string of the molecule is CC1OC(C)C(C(=O)NCC(CC(C)(C)C)C(=O)O)C1C. The van der Waals surface area contributed by atoms with Crippen LogP contribution in [-0.2, 0) is 14.3 Å². The summed E-state index contributed by atoms with van der Waals surface area (Å²) in [4.78, 5) is 23.6. The van der Waals surface area contributed by atoms with Crippen molar-refractivity contribution < 1.29 is 19.4 Å². The van der Waals surface area contributed by atoms with Crippen molar-refractivity contribution in [3.8, 4) is 0 Å². The minimum atomic E-state index is -0.859. The van der Waals surface area contributed by atoms with E-state index >= 15 is 0 Å². The summed E-state index contributed by atoms with van der Waals surface area (Å²) >= 11 is 0. The van der Waals surface area contributed by atoms with Gasteiger partial charge in [0, 0.05) is 6.54 Å². The van der Waals surface area contributed by atoms with Gasteiger partial charge in [0.25, 0.3) is 0 Å². The van der Waals surface area contributed by atoms with E-state index in [9.17, 15) is 14.7 Å². The molecule has 0 aromatic heterocycles. The fourth-order valence-corrected chi connectivity index (χ4v) is 3.05. The van der Waals surface area contributed by atoms with Gasteiger partial charge >= 0.3 is 5.97 Å². The Bertz CT molecular complexity index is 388. The number of ether oxygens (including phenoxy) is 1. The number of carbonyl (C=O) groups excluding carboxylic acids is 1. The fraction of sp³-hybridized carbons (Fsp3) is 0.875. The number of amides is 1. The Morgan fingerprint density at radius 1 is 1.19 bits per heavy atom. The zero-order valence-corrected chi connectivity index (χ0v) is 14.0. The Labute approximate surface area is 127 Å². The Morgan fingerprint density at radius 2 is 1.76 bits per heavy atom. The molecule has 5 atom stereocenters. The van der Waals surface area contributed by atoms with E-state index in [1.54, 1.807) is 0 Å². The first kappa shape index (κ1) is 18.0. The number of aliphatic carboxylic acids is 1. The van der Waals surface area contributed by atoms with Crippen LogP contribution in [0.5, 0.6) is 0 Å². The molecule has 1 aliphatic heterocycles. The number of rotatable bonds is 5. The molecule has 1 saturated heterocycles. The molecule has 1 rings (SSSR count). The van der Waals surface area contributed by atoms with Crippen LogP contribution in [0, 0.1) is 23.2 Å². The quantitative estimate of drug-likeness (QED) is 0.816. The maximum absolute atomic E-state index is 12.3. The molecule has 0 saturated carbocycles. The predicted octanol–water partition coefficient (Wildman–Crippen LogP) is 2.30. The average Bonchev–Trinajstić information content (AvgIpc) is 2.56. The summed E-state index contributed by atoms with van der Waals surface area (Å²) in [5, 5.41) is 12.1. The molecular formula is C16H29NO4. The summed E-state index contributed by atoms with van der Waals surface area (Å²) < 4.78 is 5.66. The molecule has 122 valence electrons. The van der Waals surface area contributed by atoms with Crippen LogP contribution in [-0.4, -0.2) is 35.7 Å². The van der Waals surface area contributed by atoms with Crippen LogP contribution < -0.4 is 5.32 Å². The number of hydrogen-bond donors (Lipinski definition) is 2. The Hall–Kier alpha value is -1.10. The molecule has 5 unspecified atom stereocenters. The lowest BCUT2D eigenvalue weighted by molar-refractivity contribution is -0.142. The number of carbonyl (C=O) groups is 2. The van der Waals surface area contributed by atoms with Gasteiger partial charge in [-0.05, 0) is 31.6 Å². The number of carboxylic acid groups (broad SMARTS) is 1. The third-order valence-electron chi connectivity index (χ3n) is 4.28. The van der Waals surface area contributed by atoms with Crippen LogP contribution in [0.25, 0.3) is 0 Å². The van der Waals surface area contributed by atoms with E-state index in [-0.39, 0.29) is 41.9 Å². The van der Waals surface area contributed by atoms with Gasteiger partial charge in [-0.15, -0.1) is 0 Å². The lowest BCUT2D eigenvalue weighted by Gasteiger charge is -2.24. The largest absolute Gasteiger partial charge is 0.481 e. The molecule has 1 aliphatic rings. The average molecular weight is 299 g/mol. The van der Waals surface area contributed by atoms with Crippen molar-refractivity contribution in [2.45, 2.75) is 60.2 Å². The summed E-state index contributed by atoms with van der Waals surface area (Å²) in [5.74, 6) is -1.57. The van der Waals surface area contributed by atoms with Gasteiger partial charge in [-0.3, -0.25) is 9.59 Å². The normalized spacial score (nSPS) is 31.0. The lowest BCUT2D eigenvalue weighted by atomic mass is 9.84. The van der Waals surface area contributed by atoms with E-state index < -0.39 is 11.9 Å². The Balaban J connectivity index is 2.60. The van der Waals surface area contributed by atoms with Crippen molar-refractivity contribution in [2.75, 3.05) is 6.54 Å². The highest BCUT2D eigenvalue weighted by molar-refractivity contribution is 5.80. The highest BCUT2D eigenvalue weighted by Crippen LogP contribution is 2.32. The molecule has 2 N–H and O–H groups in total. The van der Waals surface area contributed by atoms with Crippen LogP contribution in [0.3, 0.4) is 0 Å². The first-order valence-corrected chi connectivity index (χ1v) is 7.69. The molecular weight excluding hydrogens is 270 g/mol. The van der Waals surface area contributed by atoms with Crippen molar-refractivity contribution in [1.82, 2.24) is 5.32 Å². The number of hydrogen-bond acceptors (Lipinski definition) is 3. The van der Waals surface area contributed by atoms with E-state index in [0.29, 0.717) is 6.42 Å². The third-order valence-corrected chi connectivity index (χ3v) is 4.28. The molecule has 0 aromatic rings. The second kappa shape index (κ2) is 6.77. The van der Waals surface area contributed by atoms with Crippen LogP contribution in [0.1, 0.15) is 48.0 Å². The van der Waals surface area contributed by atoms with Gasteiger partial charge < -0.3 is 15.2 Å². The van der Waals surface area contributed by atoms with Gasteiger partial charge in [0.05, 0.1) is 24.0 Å². The molecule has 1 fully saturated rings. The molecule has 5 heteroatoms. The number of nitrogens with one attached hydrogen (secondary N) is 1. The van der Waals surface area contributed by atoms with Gasteiger partial charge in [0.1, 0.15) is 0 Å². The highest BCUT2D eigenvalue weighted by atomic mass is 16.5. The van der Waals surface area contributed by atoms with Crippen molar-refractivity contribution >= 4 is 11.9 Å². The molecule has 0 bridgehead atoms. The van der Waals surface area contributed by atoms with Crippen LogP contribution >= 0.6 is 0 Å². The molecule has 1 amide bonds. The van der Waals surface area contributed by atoms with Crippen LogP contribution in [0.4, 0.5) is 0 Å². The summed E-state index contributed by atoms with van der Waals surface area (Å²) in [6.45, 7) is 12.0. The van der Waals surface area contributed by atoms with E-state index in [4.69, 9.17) is 4.74 Å². The van der Waals surface area contributed by atoms with Crippen molar-refractivity contribution in [1.29, 1.82) is 0 Å². The Kier molecular flexibility index (Phi) is 5.79. The second-order valence-corrected chi connectivity index (χ2v) is 7.48. The molecule has 0 spiro atoms. The smallest absolute Gasteiger partial charge is 0.308 e. The maximum atomic E-state index is 12.3. The first-order valence-electron chi connectivity index (χ1n) is 7.69. The van der Waals surface area contributed by atoms with E-state index in [0.717, 1.165) is 0 Å². The lowest BCUT2D eigenvalue weighted by Crippen LogP contribution is -2.41.